The second kappa shape index (κ2) is 7.25. The summed E-state index contributed by atoms with van der Waals surface area (Å²) in [5, 5.41) is 21.8. The molecule has 0 unspecified atom stereocenters. The topological polar surface area (TPSA) is 126 Å². The number of fused-ring (bicyclic) bond motifs is 2. The number of nitrogens with one attached hydrogen (secondary N) is 1. The first-order valence-corrected chi connectivity index (χ1v) is 10.5. The van der Waals surface area contributed by atoms with Crippen LogP contribution in [0.15, 0.2) is 23.3 Å². The van der Waals surface area contributed by atoms with Crippen LogP contribution in [-0.4, -0.2) is 63.1 Å². The summed E-state index contributed by atoms with van der Waals surface area (Å²) in [6.45, 7) is 5.53. The molecule has 11 heteroatoms. The third-order valence-corrected chi connectivity index (χ3v) is 5.96. The molecule has 5 heterocycles. The summed E-state index contributed by atoms with van der Waals surface area (Å²) in [6, 6.07) is 1.98. The van der Waals surface area contributed by atoms with E-state index in [1.807, 2.05) is 16.8 Å². The van der Waals surface area contributed by atoms with E-state index in [0.29, 0.717) is 30.2 Å². The zero-order valence-corrected chi connectivity index (χ0v) is 17.4. The number of carbonyl (C=O) groups is 1. The molecule has 0 bridgehead atoms. The fourth-order valence-corrected chi connectivity index (χ4v) is 4.15. The molecular formula is C20H24N8O3. The molecule has 1 fully saturated rings. The van der Waals surface area contributed by atoms with Crippen molar-refractivity contribution in [2.75, 3.05) is 13.1 Å². The highest BCUT2D eigenvalue weighted by Crippen LogP contribution is 2.27. The number of aryl methyl sites for hydroxylation is 2. The number of nitrogens with zero attached hydrogens (tertiary/aromatic N) is 7. The number of H-pyrrole nitrogens is 1. The van der Waals surface area contributed by atoms with Crippen molar-refractivity contribution in [2.45, 2.75) is 45.7 Å². The highest BCUT2D eigenvalue weighted by Gasteiger charge is 2.32. The molecule has 0 saturated carbocycles. The van der Waals surface area contributed by atoms with Crippen LogP contribution in [0.1, 0.15) is 38.1 Å². The fourth-order valence-electron chi connectivity index (χ4n) is 4.15. The van der Waals surface area contributed by atoms with Gasteiger partial charge in [0.05, 0.1) is 23.4 Å². The molecule has 11 nitrogen and oxygen atoms in total. The molecule has 0 spiro atoms. The summed E-state index contributed by atoms with van der Waals surface area (Å²) in [5.74, 6) is 1.11. The summed E-state index contributed by atoms with van der Waals surface area (Å²) < 4.78 is 5.38. The molecule has 1 saturated heterocycles. The van der Waals surface area contributed by atoms with Crippen LogP contribution in [0.25, 0.3) is 28.1 Å². The zero-order valence-electron chi connectivity index (χ0n) is 17.4. The lowest BCUT2D eigenvalue weighted by Gasteiger charge is -2.36. The van der Waals surface area contributed by atoms with E-state index in [9.17, 15) is 9.59 Å². The molecule has 2 N–H and O–H groups in total. The van der Waals surface area contributed by atoms with Crippen molar-refractivity contribution in [3.05, 3.63) is 34.6 Å². The lowest BCUT2D eigenvalue weighted by atomic mass is 10.1. The number of aromatic nitrogens is 7. The molecule has 1 amide bonds. The van der Waals surface area contributed by atoms with Crippen LogP contribution in [0.2, 0.25) is 0 Å². The number of carboxylic acid groups (broad SMARTS) is 1. The van der Waals surface area contributed by atoms with Crippen molar-refractivity contribution < 1.29 is 9.90 Å². The van der Waals surface area contributed by atoms with Gasteiger partial charge in [0.25, 0.3) is 5.56 Å². The highest BCUT2D eigenvalue weighted by atomic mass is 16.4. The lowest BCUT2D eigenvalue weighted by Crippen LogP contribution is -2.50. The van der Waals surface area contributed by atoms with Crippen molar-refractivity contribution in [3.63, 3.8) is 0 Å². The summed E-state index contributed by atoms with van der Waals surface area (Å²) in [7, 11) is 0. The van der Waals surface area contributed by atoms with Crippen LogP contribution >= 0.6 is 0 Å². The molecule has 31 heavy (non-hydrogen) atoms. The first-order valence-electron chi connectivity index (χ1n) is 10.5. The van der Waals surface area contributed by atoms with E-state index in [1.54, 1.807) is 22.2 Å². The second-order valence-electron chi connectivity index (χ2n) is 8.04. The number of unbranched alkanes of at least 4 members (excludes halogenated alkanes) is 2. The van der Waals surface area contributed by atoms with E-state index in [-0.39, 0.29) is 11.6 Å². The Balaban J connectivity index is 1.55. The standard InChI is InChI=1S/C20H24N8O3/c1-3-4-5-6-26-16-7-15(22-17(16)18(29)28-12(2)23-24-19(26)28)13-8-21-27(9-13)14-10-25(11-14)20(30)31/h7-9,14,22H,3-6,10-11H2,1-2H3,(H,30,31). The van der Waals surface area contributed by atoms with Gasteiger partial charge in [0.2, 0.25) is 5.78 Å². The van der Waals surface area contributed by atoms with Crippen LogP contribution in [0.4, 0.5) is 4.79 Å². The Bertz CT molecular complexity index is 1340. The number of hydrogen-bond donors (Lipinski definition) is 2. The number of hydrogen-bond acceptors (Lipinski definition) is 5. The second-order valence-corrected chi connectivity index (χ2v) is 8.04. The largest absolute Gasteiger partial charge is 0.465 e. The molecule has 0 aliphatic carbocycles. The van der Waals surface area contributed by atoms with Gasteiger partial charge in [-0.2, -0.15) is 5.10 Å². The minimum atomic E-state index is -0.912. The van der Waals surface area contributed by atoms with E-state index in [2.05, 4.69) is 27.2 Å². The third-order valence-electron chi connectivity index (χ3n) is 5.96. The van der Waals surface area contributed by atoms with Gasteiger partial charge in [-0.15, -0.1) is 10.2 Å². The maximum Gasteiger partial charge on any atom is 0.407 e. The minimum Gasteiger partial charge on any atom is -0.465 e. The summed E-state index contributed by atoms with van der Waals surface area (Å²) >= 11 is 0. The first-order chi connectivity index (χ1) is 15.0. The Hall–Kier alpha value is -3.63. The van der Waals surface area contributed by atoms with Crippen LogP contribution in [0, 0.1) is 6.92 Å². The van der Waals surface area contributed by atoms with Crippen molar-refractivity contribution in [1.82, 2.24) is 38.8 Å². The minimum absolute atomic E-state index is 0.0281. The van der Waals surface area contributed by atoms with Gasteiger partial charge < -0.3 is 19.6 Å². The molecular weight excluding hydrogens is 400 g/mol. The predicted molar refractivity (Wildman–Crippen MR) is 113 cm³/mol. The lowest BCUT2D eigenvalue weighted by molar-refractivity contribution is 0.0812. The van der Waals surface area contributed by atoms with Crippen molar-refractivity contribution in [3.8, 4) is 11.3 Å². The average molecular weight is 424 g/mol. The van der Waals surface area contributed by atoms with Gasteiger partial charge in [-0.1, -0.05) is 19.8 Å². The van der Waals surface area contributed by atoms with Gasteiger partial charge >= 0.3 is 6.09 Å². The van der Waals surface area contributed by atoms with Crippen molar-refractivity contribution >= 4 is 22.9 Å². The van der Waals surface area contributed by atoms with Crippen LogP contribution < -0.4 is 5.56 Å². The van der Waals surface area contributed by atoms with Gasteiger partial charge in [0, 0.05) is 31.4 Å². The van der Waals surface area contributed by atoms with Crippen molar-refractivity contribution in [1.29, 1.82) is 0 Å². The predicted octanol–water partition coefficient (Wildman–Crippen LogP) is 2.27. The Morgan fingerprint density at radius 3 is 2.84 bits per heavy atom. The Morgan fingerprint density at radius 1 is 1.29 bits per heavy atom. The molecule has 4 aromatic heterocycles. The Morgan fingerprint density at radius 2 is 2.10 bits per heavy atom. The number of amides is 1. The SMILES string of the molecule is CCCCCn1c2cc(-c3cnn(C4CN(C(=O)O)C4)c3)[nH]c2c(=O)n2c(C)nnc12. The molecule has 1 aliphatic heterocycles. The zero-order chi connectivity index (χ0) is 21.7. The molecule has 0 aromatic carbocycles. The number of rotatable bonds is 6. The highest BCUT2D eigenvalue weighted by molar-refractivity contribution is 5.83. The van der Waals surface area contributed by atoms with E-state index < -0.39 is 6.09 Å². The van der Waals surface area contributed by atoms with Gasteiger partial charge in [0.1, 0.15) is 11.3 Å². The fraction of sp³-hybridized carbons (Fsp3) is 0.450. The first kappa shape index (κ1) is 19.3. The van der Waals surface area contributed by atoms with Gasteiger partial charge in [-0.25, -0.2) is 9.20 Å². The summed E-state index contributed by atoms with van der Waals surface area (Å²) in [4.78, 5) is 28.7. The maximum atomic E-state index is 13.1. The van der Waals surface area contributed by atoms with E-state index in [0.717, 1.165) is 42.6 Å². The normalized spacial score (nSPS) is 14.6. The maximum absolute atomic E-state index is 13.1. The van der Waals surface area contributed by atoms with Crippen molar-refractivity contribution in [2.24, 2.45) is 0 Å². The van der Waals surface area contributed by atoms with E-state index >= 15 is 0 Å². The Labute approximate surface area is 176 Å². The van der Waals surface area contributed by atoms with Crippen LogP contribution in [0.3, 0.4) is 0 Å². The molecule has 162 valence electrons. The molecule has 0 radical (unpaired) electrons. The monoisotopic (exact) mass is 424 g/mol. The number of aromatic amines is 1. The summed E-state index contributed by atoms with van der Waals surface area (Å²) in [5.41, 5.74) is 2.77. The average Bonchev–Trinajstić information content (AvgIpc) is 3.41. The van der Waals surface area contributed by atoms with Gasteiger partial charge in [-0.3, -0.25) is 9.48 Å². The van der Waals surface area contributed by atoms with Crippen LogP contribution in [0.5, 0.6) is 0 Å². The quantitative estimate of drug-likeness (QED) is 0.457. The smallest absolute Gasteiger partial charge is 0.407 e. The summed E-state index contributed by atoms with van der Waals surface area (Å²) in [6.07, 6.45) is 5.88. The Kier molecular flexibility index (Phi) is 4.53. The van der Waals surface area contributed by atoms with Gasteiger partial charge in [-0.05, 0) is 19.4 Å². The molecule has 1 aliphatic rings. The van der Waals surface area contributed by atoms with E-state index in [4.69, 9.17) is 5.11 Å². The van der Waals surface area contributed by atoms with Crippen LogP contribution in [-0.2, 0) is 6.54 Å². The molecule has 5 rings (SSSR count). The third kappa shape index (κ3) is 3.07. The molecule has 0 atom stereocenters. The molecule has 4 aromatic rings. The van der Waals surface area contributed by atoms with Gasteiger partial charge in [0.15, 0.2) is 0 Å². The number of likely N-dealkylation sites (tertiary alicyclic amines) is 1. The van der Waals surface area contributed by atoms with E-state index in [1.165, 1.54) is 4.90 Å².